The number of ether oxygens (including phenoxy) is 1. The van der Waals surface area contributed by atoms with Crippen molar-refractivity contribution in [3.63, 3.8) is 0 Å². The number of hydrogen-bond acceptors (Lipinski definition) is 5. The maximum atomic E-state index is 12.5. The molecule has 0 atom stereocenters. The molecule has 0 spiro atoms. The van der Waals surface area contributed by atoms with E-state index >= 15 is 0 Å². The second-order valence-electron chi connectivity index (χ2n) is 7.16. The first-order valence-electron chi connectivity index (χ1n) is 9.89. The van der Waals surface area contributed by atoms with Crippen LogP contribution in [0.3, 0.4) is 0 Å². The normalized spacial score (nSPS) is 14.7. The summed E-state index contributed by atoms with van der Waals surface area (Å²) in [4.78, 5) is 26.0. The summed E-state index contributed by atoms with van der Waals surface area (Å²) in [5.74, 6) is 0.102. The number of carbonyl (C=O) groups excluding carboxylic acids is 2. The SMILES string of the molecule is O=Cc1cc(-c2cccc(C(=O)CCCCCN3CCOCC3)c2)ccc1O. The molecule has 1 aliphatic rings. The monoisotopic (exact) mass is 381 g/mol. The minimum Gasteiger partial charge on any atom is -0.507 e. The predicted octanol–water partition coefficient (Wildman–Crippen LogP) is 3.95. The lowest BCUT2D eigenvalue weighted by Gasteiger charge is -2.26. The third-order valence-corrected chi connectivity index (χ3v) is 5.15. The third-order valence-electron chi connectivity index (χ3n) is 5.15. The number of benzene rings is 2. The highest BCUT2D eigenvalue weighted by molar-refractivity contribution is 5.97. The molecule has 0 radical (unpaired) electrons. The van der Waals surface area contributed by atoms with Crippen LogP contribution in [0.2, 0.25) is 0 Å². The molecule has 0 bridgehead atoms. The molecule has 1 aliphatic heterocycles. The van der Waals surface area contributed by atoms with E-state index in [0.717, 1.165) is 63.2 Å². The van der Waals surface area contributed by atoms with Gasteiger partial charge >= 0.3 is 0 Å². The van der Waals surface area contributed by atoms with Crippen molar-refractivity contribution in [1.82, 2.24) is 4.90 Å². The first kappa shape index (κ1) is 20.2. The van der Waals surface area contributed by atoms with E-state index < -0.39 is 0 Å². The molecule has 2 aromatic carbocycles. The Morgan fingerprint density at radius 2 is 1.82 bits per heavy atom. The fourth-order valence-electron chi connectivity index (χ4n) is 3.47. The van der Waals surface area contributed by atoms with Gasteiger partial charge in [-0.3, -0.25) is 14.5 Å². The minimum atomic E-state index is -0.0388. The zero-order valence-electron chi connectivity index (χ0n) is 16.1. The number of rotatable bonds is 9. The van der Waals surface area contributed by atoms with E-state index in [2.05, 4.69) is 4.90 Å². The molecule has 0 saturated carbocycles. The summed E-state index contributed by atoms with van der Waals surface area (Å²) < 4.78 is 5.35. The van der Waals surface area contributed by atoms with Crippen LogP contribution in [0.25, 0.3) is 11.1 Å². The molecule has 0 aliphatic carbocycles. The van der Waals surface area contributed by atoms with Crippen LogP contribution in [-0.4, -0.2) is 54.9 Å². The Kier molecular flexibility index (Phi) is 7.34. The molecule has 2 aromatic rings. The standard InChI is InChI=1S/C23H27NO4/c25-17-21-16-19(8-9-23(21)27)18-5-4-6-20(15-18)22(26)7-2-1-3-10-24-11-13-28-14-12-24/h4-6,8-9,15-17,27H,1-3,7,10-14H2. The van der Waals surface area contributed by atoms with E-state index in [1.165, 1.54) is 6.07 Å². The van der Waals surface area contributed by atoms with Crippen molar-refractivity contribution in [2.24, 2.45) is 0 Å². The molecule has 28 heavy (non-hydrogen) atoms. The molecular weight excluding hydrogens is 354 g/mol. The number of phenols is 1. The van der Waals surface area contributed by atoms with E-state index in [1.54, 1.807) is 12.1 Å². The third kappa shape index (κ3) is 5.50. The Labute approximate surface area is 165 Å². The second kappa shape index (κ2) is 10.2. The molecule has 5 nitrogen and oxygen atoms in total. The molecule has 1 saturated heterocycles. The highest BCUT2D eigenvalue weighted by atomic mass is 16.5. The van der Waals surface area contributed by atoms with Crippen LogP contribution < -0.4 is 0 Å². The van der Waals surface area contributed by atoms with Crippen LogP contribution in [0.15, 0.2) is 42.5 Å². The predicted molar refractivity (Wildman–Crippen MR) is 109 cm³/mol. The Hall–Kier alpha value is -2.50. The zero-order valence-corrected chi connectivity index (χ0v) is 16.1. The van der Waals surface area contributed by atoms with Gasteiger partial charge in [0.2, 0.25) is 0 Å². The number of ketones is 1. The zero-order chi connectivity index (χ0) is 19.8. The highest BCUT2D eigenvalue weighted by Crippen LogP contribution is 2.26. The molecule has 5 heteroatoms. The summed E-state index contributed by atoms with van der Waals surface area (Å²) in [6.07, 6.45) is 4.22. The summed E-state index contributed by atoms with van der Waals surface area (Å²) in [5, 5.41) is 9.65. The largest absolute Gasteiger partial charge is 0.507 e. The number of aromatic hydroxyl groups is 1. The maximum Gasteiger partial charge on any atom is 0.162 e. The molecule has 1 fully saturated rings. The molecular formula is C23H27NO4. The van der Waals surface area contributed by atoms with Crippen LogP contribution >= 0.6 is 0 Å². The fraction of sp³-hybridized carbons (Fsp3) is 0.391. The van der Waals surface area contributed by atoms with Gasteiger partial charge in [-0.15, -0.1) is 0 Å². The van der Waals surface area contributed by atoms with Crippen molar-refractivity contribution in [2.75, 3.05) is 32.8 Å². The summed E-state index contributed by atoms with van der Waals surface area (Å²) >= 11 is 0. The van der Waals surface area contributed by atoms with Gasteiger partial charge in [0.25, 0.3) is 0 Å². The molecule has 1 heterocycles. The van der Waals surface area contributed by atoms with Gasteiger partial charge < -0.3 is 9.84 Å². The number of unbranched alkanes of at least 4 members (excludes halogenated alkanes) is 2. The average Bonchev–Trinajstić information content (AvgIpc) is 2.74. The fourth-order valence-corrected chi connectivity index (χ4v) is 3.47. The van der Waals surface area contributed by atoms with Crippen molar-refractivity contribution in [3.8, 4) is 16.9 Å². The summed E-state index contributed by atoms with van der Waals surface area (Å²) in [6.45, 7) is 4.74. The van der Waals surface area contributed by atoms with Crippen LogP contribution in [-0.2, 0) is 4.74 Å². The molecule has 1 N–H and O–H groups in total. The van der Waals surface area contributed by atoms with Gasteiger partial charge in [0.1, 0.15) is 5.75 Å². The summed E-state index contributed by atoms with van der Waals surface area (Å²) in [6, 6.07) is 12.3. The first-order valence-corrected chi connectivity index (χ1v) is 9.89. The smallest absolute Gasteiger partial charge is 0.162 e. The van der Waals surface area contributed by atoms with Crippen LogP contribution in [0.4, 0.5) is 0 Å². The summed E-state index contributed by atoms with van der Waals surface area (Å²) in [5.41, 5.74) is 2.60. The van der Waals surface area contributed by atoms with Gasteiger partial charge in [-0.1, -0.05) is 30.7 Å². The lowest BCUT2D eigenvalue weighted by atomic mass is 9.98. The molecule has 0 aromatic heterocycles. The van der Waals surface area contributed by atoms with E-state index in [-0.39, 0.29) is 17.1 Å². The number of aldehydes is 1. The van der Waals surface area contributed by atoms with Gasteiger partial charge in [-0.05, 0) is 48.7 Å². The number of morpholine rings is 1. The average molecular weight is 381 g/mol. The van der Waals surface area contributed by atoms with Crippen LogP contribution in [0, 0.1) is 0 Å². The topological polar surface area (TPSA) is 66.8 Å². The van der Waals surface area contributed by atoms with E-state index in [9.17, 15) is 14.7 Å². The lowest BCUT2D eigenvalue weighted by molar-refractivity contribution is 0.0371. The molecule has 3 rings (SSSR count). The van der Waals surface area contributed by atoms with Crippen molar-refractivity contribution < 1.29 is 19.4 Å². The molecule has 0 unspecified atom stereocenters. The highest BCUT2D eigenvalue weighted by Gasteiger charge is 2.11. The van der Waals surface area contributed by atoms with Crippen LogP contribution in [0.1, 0.15) is 46.4 Å². The minimum absolute atomic E-state index is 0.0388. The van der Waals surface area contributed by atoms with Gasteiger partial charge in [0.05, 0.1) is 18.8 Å². The van der Waals surface area contributed by atoms with E-state index in [0.29, 0.717) is 18.3 Å². The van der Waals surface area contributed by atoms with Gasteiger partial charge in [-0.2, -0.15) is 0 Å². The lowest BCUT2D eigenvalue weighted by Crippen LogP contribution is -2.36. The van der Waals surface area contributed by atoms with Crippen molar-refractivity contribution in [2.45, 2.75) is 25.7 Å². The Bertz CT molecular complexity index is 812. The molecule has 0 amide bonds. The quantitative estimate of drug-likeness (QED) is 0.405. The Balaban J connectivity index is 1.51. The number of carbonyl (C=O) groups is 2. The van der Waals surface area contributed by atoms with Crippen molar-refractivity contribution >= 4 is 12.1 Å². The molecule has 148 valence electrons. The van der Waals surface area contributed by atoms with Crippen molar-refractivity contribution in [1.29, 1.82) is 0 Å². The van der Waals surface area contributed by atoms with Gasteiger partial charge in [0.15, 0.2) is 12.1 Å². The summed E-state index contributed by atoms with van der Waals surface area (Å²) in [7, 11) is 0. The first-order chi connectivity index (χ1) is 13.7. The van der Waals surface area contributed by atoms with E-state index in [1.807, 2.05) is 24.3 Å². The van der Waals surface area contributed by atoms with Gasteiger partial charge in [-0.25, -0.2) is 0 Å². The second-order valence-corrected chi connectivity index (χ2v) is 7.16. The number of phenolic OH excluding ortho intramolecular Hbond substituents is 1. The number of Topliss-reactive ketones (excluding diaryl/α,β-unsaturated/α-hetero) is 1. The maximum absolute atomic E-state index is 12.5. The van der Waals surface area contributed by atoms with Gasteiger partial charge in [0, 0.05) is 25.1 Å². The number of nitrogens with zero attached hydrogens (tertiary/aromatic N) is 1. The Morgan fingerprint density at radius 3 is 2.61 bits per heavy atom. The van der Waals surface area contributed by atoms with E-state index in [4.69, 9.17) is 4.74 Å². The Morgan fingerprint density at radius 1 is 1.04 bits per heavy atom. The van der Waals surface area contributed by atoms with Crippen molar-refractivity contribution in [3.05, 3.63) is 53.6 Å². The van der Waals surface area contributed by atoms with Crippen LogP contribution in [0.5, 0.6) is 5.75 Å². The number of hydrogen-bond donors (Lipinski definition) is 1.